The number of amides is 1. The summed E-state index contributed by atoms with van der Waals surface area (Å²) in [6, 6.07) is 2.61. The quantitative estimate of drug-likeness (QED) is 0.623. The van der Waals surface area contributed by atoms with E-state index in [-0.39, 0.29) is 34.2 Å². The number of ether oxygens (including phenoxy) is 1. The predicted octanol–water partition coefficient (Wildman–Crippen LogP) is 5.01. The average molecular weight is 431 g/mol. The molecule has 0 spiro atoms. The molecule has 0 bridgehead atoms. The normalized spacial score (nSPS) is 23.2. The SMILES string of the molecule is COc1cc(C(F)(F)F)cc(SC)c1C(=O)NC1CCCCC1NC1CCCC1. The Labute approximate surface area is 174 Å². The van der Waals surface area contributed by atoms with Crippen LogP contribution in [0.1, 0.15) is 67.3 Å². The summed E-state index contributed by atoms with van der Waals surface area (Å²) in [5.41, 5.74) is -0.633. The predicted molar refractivity (Wildman–Crippen MR) is 109 cm³/mol. The van der Waals surface area contributed by atoms with E-state index < -0.39 is 11.7 Å². The Kier molecular flexibility index (Phi) is 7.37. The number of nitrogens with one attached hydrogen (secondary N) is 2. The number of thioether (sulfide) groups is 1. The zero-order chi connectivity index (χ0) is 21.0. The summed E-state index contributed by atoms with van der Waals surface area (Å²) in [5, 5.41) is 6.80. The number of hydrogen-bond acceptors (Lipinski definition) is 4. The van der Waals surface area contributed by atoms with Gasteiger partial charge in [0.25, 0.3) is 5.91 Å². The van der Waals surface area contributed by atoms with Gasteiger partial charge < -0.3 is 15.4 Å². The molecule has 1 amide bonds. The molecule has 2 fully saturated rings. The smallest absolute Gasteiger partial charge is 0.416 e. The lowest BCUT2D eigenvalue weighted by Crippen LogP contribution is -2.53. The van der Waals surface area contributed by atoms with E-state index in [0.29, 0.717) is 6.04 Å². The molecule has 0 saturated heterocycles. The molecule has 3 rings (SSSR count). The van der Waals surface area contributed by atoms with Gasteiger partial charge >= 0.3 is 6.18 Å². The maximum absolute atomic E-state index is 13.2. The molecule has 29 heavy (non-hydrogen) atoms. The molecule has 2 atom stereocenters. The minimum absolute atomic E-state index is 0.0291. The van der Waals surface area contributed by atoms with Gasteiger partial charge in [0.1, 0.15) is 5.75 Å². The fraction of sp³-hybridized carbons (Fsp3) is 0.667. The Bertz CT molecular complexity index is 695. The third kappa shape index (κ3) is 5.40. The Morgan fingerprint density at radius 2 is 1.69 bits per heavy atom. The van der Waals surface area contributed by atoms with Crippen molar-refractivity contribution in [1.29, 1.82) is 0 Å². The standard InChI is InChI=1S/C21H29F3N2O2S/c1-28-17-11-13(21(22,23)24)12-18(29-2)19(17)20(27)26-16-10-6-5-9-15(16)25-14-7-3-4-8-14/h11-12,14-16,25H,3-10H2,1-2H3,(H,26,27). The highest BCUT2D eigenvalue weighted by Crippen LogP contribution is 2.38. The topological polar surface area (TPSA) is 50.4 Å². The summed E-state index contributed by atoms with van der Waals surface area (Å²) in [6.45, 7) is 0. The van der Waals surface area contributed by atoms with Crippen LogP contribution in [0.25, 0.3) is 0 Å². The summed E-state index contributed by atoms with van der Waals surface area (Å²) in [4.78, 5) is 13.4. The van der Waals surface area contributed by atoms with Crippen LogP contribution in [0.3, 0.4) is 0 Å². The van der Waals surface area contributed by atoms with Crippen LogP contribution in [0.15, 0.2) is 17.0 Å². The monoisotopic (exact) mass is 430 g/mol. The molecule has 0 aromatic heterocycles. The van der Waals surface area contributed by atoms with Gasteiger partial charge in [-0.05, 0) is 44.1 Å². The lowest BCUT2D eigenvalue weighted by Gasteiger charge is -2.35. The summed E-state index contributed by atoms with van der Waals surface area (Å²) in [7, 11) is 1.29. The van der Waals surface area contributed by atoms with E-state index in [1.54, 1.807) is 6.26 Å². The van der Waals surface area contributed by atoms with Gasteiger partial charge in [0.2, 0.25) is 0 Å². The van der Waals surface area contributed by atoms with Crippen molar-refractivity contribution < 1.29 is 22.7 Å². The summed E-state index contributed by atoms with van der Waals surface area (Å²) in [5.74, 6) is -0.414. The molecule has 2 N–H and O–H groups in total. The second-order valence-electron chi connectivity index (χ2n) is 7.87. The molecule has 0 aliphatic heterocycles. The van der Waals surface area contributed by atoms with Crippen LogP contribution in [-0.4, -0.2) is 37.4 Å². The molecule has 2 aliphatic rings. The fourth-order valence-corrected chi connectivity index (χ4v) is 5.08. The molecule has 2 unspecified atom stereocenters. The van der Waals surface area contributed by atoms with Crippen LogP contribution >= 0.6 is 11.8 Å². The number of benzene rings is 1. The van der Waals surface area contributed by atoms with Gasteiger partial charge in [-0.3, -0.25) is 4.79 Å². The number of carbonyl (C=O) groups excluding carboxylic acids is 1. The van der Waals surface area contributed by atoms with Crippen LogP contribution in [0.2, 0.25) is 0 Å². The molecule has 1 aromatic rings. The average Bonchev–Trinajstić information content (AvgIpc) is 3.20. The summed E-state index contributed by atoms with van der Waals surface area (Å²) in [6.07, 6.45) is 6.01. The van der Waals surface area contributed by atoms with E-state index in [1.807, 2.05) is 0 Å². The Hall–Kier alpha value is -1.41. The molecular formula is C21H29F3N2O2S. The molecule has 162 valence electrons. The van der Waals surface area contributed by atoms with Crippen LogP contribution in [0, 0.1) is 0 Å². The van der Waals surface area contributed by atoms with E-state index in [9.17, 15) is 18.0 Å². The van der Waals surface area contributed by atoms with Crippen LogP contribution in [0.4, 0.5) is 13.2 Å². The Balaban J connectivity index is 1.81. The second-order valence-corrected chi connectivity index (χ2v) is 8.72. The van der Waals surface area contributed by atoms with Crippen molar-refractivity contribution in [3.8, 4) is 5.75 Å². The summed E-state index contributed by atoms with van der Waals surface area (Å²) < 4.78 is 44.8. The lowest BCUT2D eigenvalue weighted by atomic mass is 9.89. The molecule has 0 radical (unpaired) electrons. The first-order valence-electron chi connectivity index (χ1n) is 10.2. The molecule has 2 aliphatic carbocycles. The fourth-order valence-electron chi connectivity index (χ4n) is 4.44. The van der Waals surface area contributed by atoms with Gasteiger partial charge in [-0.1, -0.05) is 25.7 Å². The van der Waals surface area contributed by atoms with Crippen LogP contribution in [-0.2, 0) is 6.18 Å². The van der Waals surface area contributed by atoms with Crippen molar-refractivity contribution in [2.75, 3.05) is 13.4 Å². The third-order valence-electron chi connectivity index (χ3n) is 5.95. The number of alkyl halides is 3. The van der Waals surface area contributed by atoms with Gasteiger partial charge in [0, 0.05) is 23.0 Å². The van der Waals surface area contributed by atoms with E-state index in [2.05, 4.69) is 10.6 Å². The highest BCUT2D eigenvalue weighted by molar-refractivity contribution is 7.98. The maximum Gasteiger partial charge on any atom is 0.416 e. The highest BCUT2D eigenvalue weighted by atomic mass is 32.2. The van der Waals surface area contributed by atoms with E-state index in [4.69, 9.17) is 4.74 Å². The number of halogens is 3. The molecular weight excluding hydrogens is 401 g/mol. The third-order valence-corrected chi connectivity index (χ3v) is 6.71. The molecule has 2 saturated carbocycles. The van der Waals surface area contributed by atoms with Crippen molar-refractivity contribution in [3.63, 3.8) is 0 Å². The molecule has 8 heteroatoms. The van der Waals surface area contributed by atoms with Gasteiger partial charge in [0.05, 0.1) is 18.2 Å². The first-order valence-corrected chi connectivity index (χ1v) is 11.5. The molecule has 0 heterocycles. The minimum Gasteiger partial charge on any atom is -0.496 e. The van der Waals surface area contributed by atoms with E-state index in [1.165, 1.54) is 32.8 Å². The lowest BCUT2D eigenvalue weighted by molar-refractivity contribution is -0.137. The first-order chi connectivity index (χ1) is 13.8. The van der Waals surface area contributed by atoms with Crippen molar-refractivity contribution >= 4 is 17.7 Å². The maximum atomic E-state index is 13.2. The van der Waals surface area contributed by atoms with Gasteiger partial charge in [-0.15, -0.1) is 11.8 Å². The summed E-state index contributed by atoms with van der Waals surface area (Å²) >= 11 is 1.12. The van der Waals surface area contributed by atoms with E-state index >= 15 is 0 Å². The Morgan fingerprint density at radius 3 is 2.28 bits per heavy atom. The van der Waals surface area contributed by atoms with Crippen LogP contribution in [0.5, 0.6) is 5.75 Å². The van der Waals surface area contributed by atoms with E-state index in [0.717, 1.165) is 49.6 Å². The minimum atomic E-state index is -4.49. The Morgan fingerprint density at radius 1 is 1.07 bits per heavy atom. The first kappa shape index (κ1) is 22.3. The number of methoxy groups -OCH3 is 1. The van der Waals surface area contributed by atoms with Crippen molar-refractivity contribution in [2.24, 2.45) is 0 Å². The van der Waals surface area contributed by atoms with Gasteiger partial charge in [-0.25, -0.2) is 0 Å². The number of hydrogen-bond donors (Lipinski definition) is 2. The largest absolute Gasteiger partial charge is 0.496 e. The molecule has 4 nitrogen and oxygen atoms in total. The number of rotatable bonds is 6. The zero-order valence-electron chi connectivity index (χ0n) is 16.9. The molecule has 1 aromatic carbocycles. The van der Waals surface area contributed by atoms with Crippen molar-refractivity contribution in [3.05, 3.63) is 23.3 Å². The van der Waals surface area contributed by atoms with Gasteiger partial charge in [0.15, 0.2) is 0 Å². The van der Waals surface area contributed by atoms with Crippen molar-refractivity contribution in [2.45, 2.75) is 80.6 Å². The highest BCUT2D eigenvalue weighted by Gasteiger charge is 2.35. The van der Waals surface area contributed by atoms with Crippen molar-refractivity contribution in [1.82, 2.24) is 10.6 Å². The van der Waals surface area contributed by atoms with Gasteiger partial charge in [-0.2, -0.15) is 13.2 Å². The zero-order valence-corrected chi connectivity index (χ0v) is 17.7. The number of carbonyl (C=O) groups is 1. The van der Waals surface area contributed by atoms with Crippen LogP contribution < -0.4 is 15.4 Å². The second kappa shape index (κ2) is 9.60.